The van der Waals surface area contributed by atoms with Crippen molar-refractivity contribution < 1.29 is 14.6 Å². The molecule has 0 spiro atoms. The van der Waals surface area contributed by atoms with E-state index in [4.69, 9.17) is 4.74 Å². The van der Waals surface area contributed by atoms with Crippen molar-refractivity contribution >= 4 is 16.9 Å². The Morgan fingerprint density at radius 3 is 2.65 bits per heavy atom. The van der Waals surface area contributed by atoms with E-state index in [-0.39, 0.29) is 6.04 Å². The topological polar surface area (TPSA) is 68.8 Å². The van der Waals surface area contributed by atoms with Crippen molar-refractivity contribution in [3.05, 3.63) is 64.8 Å². The maximum Gasteiger partial charge on any atom is 0.335 e. The van der Waals surface area contributed by atoms with Gasteiger partial charge in [0.1, 0.15) is 5.75 Å². The molecular weight excluding hydrogens is 426 g/mol. The molecule has 2 saturated heterocycles. The molecule has 0 bridgehead atoms. The fraction of sp³-hybridized carbons (Fsp3) is 0.464. The van der Waals surface area contributed by atoms with Gasteiger partial charge in [0.15, 0.2) is 0 Å². The number of benzene rings is 2. The minimum Gasteiger partial charge on any atom is -0.496 e. The summed E-state index contributed by atoms with van der Waals surface area (Å²) in [5.74, 6) is 1.60. The lowest BCUT2D eigenvalue weighted by Crippen LogP contribution is -2.54. The molecule has 3 heterocycles. The second-order valence-electron chi connectivity index (χ2n) is 11.0. The number of nitrogens with one attached hydrogen (secondary N) is 1. The molecule has 0 unspecified atom stereocenters. The van der Waals surface area contributed by atoms with Gasteiger partial charge in [-0.25, -0.2) is 4.79 Å². The molecule has 2 N–H and O–H groups in total. The van der Waals surface area contributed by atoms with Gasteiger partial charge in [-0.1, -0.05) is 26.0 Å². The zero-order valence-electron chi connectivity index (χ0n) is 20.3. The Balaban J connectivity index is 1.38. The number of aromatic nitrogens is 1. The Kier molecular flexibility index (Phi) is 4.84. The number of carbonyl (C=O) groups is 1. The molecule has 0 radical (unpaired) electrons. The summed E-state index contributed by atoms with van der Waals surface area (Å²) >= 11 is 0. The van der Waals surface area contributed by atoms with Gasteiger partial charge >= 0.3 is 5.97 Å². The van der Waals surface area contributed by atoms with Gasteiger partial charge in [0, 0.05) is 60.9 Å². The molecule has 6 nitrogen and oxygen atoms in total. The van der Waals surface area contributed by atoms with Crippen molar-refractivity contribution in [3.8, 4) is 5.75 Å². The fourth-order valence-electron chi connectivity index (χ4n) is 6.98. The number of aryl methyl sites for hydroxylation is 1. The zero-order chi connectivity index (χ0) is 23.8. The first-order valence-electron chi connectivity index (χ1n) is 12.2. The molecule has 2 aromatic carbocycles. The van der Waals surface area contributed by atoms with Gasteiger partial charge in [-0.3, -0.25) is 9.80 Å². The number of methoxy groups -OCH3 is 1. The Morgan fingerprint density at radius 2 is 1.94 bits per heavy atom. The van der Waals surface area contributed by atoms with Crippen LogP contribution in [0.1, 0.15) is 46.9 Å². The Labute approximate surface area is 200 Å². The summed E-state index contributed by atoms with van der Waals surface area (Å²) in [5, 5.41) is 10.6. The van der Waals surface area contributed by atoms with Gasteiger partial charge in [-0.05, 0) is 59.6 Å². The van der Waals surface area contributed by atoms with Gasteiger partial charge in [-0.2, -0.15) is 0 Å². The van der Waals surface area contributed by atoms with Gasteiger partial charge in [0.25, 0.3) is 0 Å². The van der Waals surface area contributed by atoms with Crippen LogP contribution < -0.4 is 4.74 Å². The van der Waals surface area contributed by atoms with Gasteiger partial charge in [-0.15, -0.1) is 0 Å². The number of aromatic carboxylic acids is 1. The van der Waals surface area contributed by atoms with E-state index in [1.807, 2.05) is 18.3 Å². The Bertz CT molecular complexity index is 1260. The number of fused-ring (bicyclic) bond motifs is 4. The molecule has 0 amide bonds. The molecule has 1 saturated carbocycles. The second kappa shape index (κ2) is 7.59. The quantitative estimate of drug-likeness (QED) is 0.579. The average molecular weight is 460 g/mol. The summed E-state index contributed by atoms with van der Waals surface area (Å²) in [4.78, 5) is 20.1. The normalized spacial score (nSPS) is 28.0. The lowest BCUT2D eigenvalue weighted by molar-refractivity contribution is 0.0209. The van der Waals surface area contributed by atoms with Crippen LogP contribution in [0.25, 0.3) is 10.9 Å². The number of piperazine rings is 1. The molecule has 1 aliphatic carbocycles. The highest BCUT2D eigenvalue weighted by Crippen LogP contribution is 2.65. The van der Waals surface area contributed by atoms with E-state index in [1.165, 1.54) is 34.1 Å². The predicted octanol–water partition coefficient (Wildman–Crippen LogP) is 4.70. The van der Waals surface area contributed by atoms with Crippen molar-refractivity contribution in [2.45, 2.75) is 39.4 Å². The molecule has 3 fully saturated rings. The highest BCUT2D eigenvalue weighted by molar-refractivity contribution is 5.88. The first-order chi connectivity index (χ1) is 16.3. The van der Waals surface area contributed by atoms with E-state index >= 15 is 0 Å². The molecule has 3 aliphatic rings. The van der Waals surface area contributed by atoms with Crippen LogP contribution >= 0.6 is 0 Å². The minimum atomic E-state index is -0.881. The van der Waals surface area contributed by atoms with Crippen molar-refractivity contribution in [1.29, 1.82) is 0 Å². The molecular formula is C28H33N3O3. The van der Waals surface area contributed by atoms with E-state index in [9.17, 15) is 9.90 Å². The molecule has 1 aromatic heterocycles. The van der Waals surface area contributed by atoms with E-state index in [0.717, 1.165) is 37.2 Å². The van der Waals surface area contributed by atoms with Crippen LogP contribution in [0.2, 0.25) is 0 Å². The lowest BCUT2D eigenvalue weighted by atomic mass is 9.93. The highest BCUT2D eigenvalue weighted by atomic mass is 16.5. The third-order valence-corrected chi connectivity index (χ3v) is 8.96. The summed E-state index contributed by atoms with van der Waals surface area (Å²) in [7, 11) is 1.76. The molecule has 6 heteroatoms. The number of nitrogens with zero attached hydrogens (tertiary/aromatic N) is 2. The number of rotatable bonds is 5. The number of carboxylic acids is 1. The smallest absolute Gasteiger partial charge is 0.335 e. The van der Waals surface area contributed by atoms with Crippen molar-refractivity contribution in [2.24, 2.45) is 17.3 Å². The van der Waals surface area contributed by atoms with Gasteiger partial charge < -0.3 is 14.8 Å². The number of H-pyrrole nitrogens is 1. The van der Waals surface area contributed by atoms with Crippen LogP contribution in [0.5, 0.6) is 5.75 Å². The van der Waals surface area contributed by atoms with E-state index in [0.29, 0.717) is 17.0 Å². The average Bonchev–Trinajstić information content (AvgIpc) is 3.22. The number of aromatic amines is 1. The third kappa shape index (κ3) is 3.19. The van der Waals surface area contributed by atoms with E-state index < -0.39 is 5.97 Å². The summed E-state index contributed by atoms with van der Waals surface area (Å²) in [6.45, 7) is 10.9. The standard InChI is InChI=1S/C28H33N3O3/c1-16-11-24(34-4)20(19-9-10-29-26(16)19)12-30-15-23-25-21(28(25,2)3)13-31(23)14-22(30)17-5-7-18(8-6-17)27(32)33/h5-11,21-23,25,29H,12-15H2,1-4H3,(H,32,33)/t21-,22-,23-,25-/m0/s1. The summed E-state index contributed by atoms with van der Waals surface area (Å²) in [6.07, 6.45) is 2.01. The SMILES string of the molecule is COc1cc(C)c2[nH]ccc2c1CN1C[C@H]2[C@@H]3[C@H](CN2C[C@H]1c1ccc(C(=O)O)cc1)C3(C)C. The predicted molar refractivity (Wildman–Crippen MR) is 132 cm³/mol. The van der Waals surface area contributed by atoms with Crippen molar-refractivity contribution in [3.63, 3.8) is 0 Å². The van der Waals surface area contributed by atoms with E-state index in [1.54, 1.807) is 19.2 Å². The first-order valence-corrected chi connectivity index (χ1v) is 12.2. The number of hydrogen-bond donors (Lipinski definition) is 2. The fourth-order valence-corrected chi connectivity index (χ4v) is 6.98. The molecule has 2 aliphatic heterocycles. The van der Waals surface area contributed by atoms with E-state index in [2.05, 4.69) is 47.7 Å². The van der Waals surface area contributed by atoms with Crippen LogP contribution in [0.15, 0.2) is 42.6 Å². The van der Waals surface area contributed by atoms with Crippen LogP contribution in [0.3, 0.4) is 0 Å². The summed E-state index contributed by atoms with van der Waals surface area (Å²) in [6, 6.07) is 12.6. The Hall–Kier alpha value is -2.83. The van der Waals surface area contributed by atoms with Crippen LogP contribution in [-0.2, 0) is 6.54 Å². The first kappa shape index (κ1) is 21.7. The molecule has 178 valence electrons. The van der Waals surface area contributed by atoms with Crippen molar-refractivity contribution in [2.75, 3.05) is 26.7 Å². The Morgan fingerprint density at radius 1 is 1.18 bits per heavy atom. The third-order valence-electron chi connectivity index (χ3n) is 8.96. The number of ether oxygens (including phenoxy) is 1. The zero-order valence-corrected chi connectivity index (χ0v) is 20.3. The maximum absolute atomic E-state index is 11.4. The monoisotopic (exact) mass is 459 g/mol. The molecule has 34 heavy (non-hydrogen) atoms. The number of piperidine rings is 1. The van der Waals surface area contributed by atoms with Crippen LogP contribution in [-0.4, -0.2) is 58.6 Å². The number of carboxylic acid groups (broad SMARTS) is 1. The van der Waals surface area contributed by atoms with Crippen molar-refractivity contribution in [1.82, 2.24) is 14.8 Å². The molecule has 6 rings (SSSR count). The largest absolute Gasteiger partial charge is 0.496 e. The molecule has 4 atom stereocenters. The van der Waals surface area contributed by atoms with Crippen LogP contribution in [0, 0.1) is 24.2 Å². The number of hydrogen-bond acceptors (Lipinski definition) is 4. The molecule has 3 aromatic rings. The summed E-state index contributed by atoms with van der Waals surface area (Å²) < 4.78 is 5.86. The maximum atomic E-state index is 11.4. The van der Waals surface area contributed by atoms with Gasteiger partial charge in [0.2, 0.25) is 0 Å². The van der Waals surface area contributed by atoms with Gasteiger partial charge in [0.05, 0.1) is 12.7 Å². The highest BCUT2D eigenvalue weighted by Gasteiger charge is 2.67. The summed E-state index contributed by atoms with van der Waals surface area (Å²) in [5.41, 5.74) is 5.53. The second-order valence-corrected chi connectivity index (χ2v) is 11.0. The van der Waals surface area contributed by atoms with Crippen LogP contribution in [0.4, 0.5) is 0 Å². The lowest BCUT2D eigenvalue weighted by Gasteiger charge is -2.46. The minimum absolute atomic E-state index is 0.208.